The van der Waals surface area contributed by atoms with Crippen LogP contribution in [-0.4, -0.2) is 21.6 Å². The van der Waals surface area contributed by atoms with Crippen molar-refractivity contribution in [3.05, 3.63) is 35.5 Å². The van der Waals surface area contributed by atoms with Crippen molar-refractivity contribution in [3.8, 4) is 5.75 Å². The van der Waals surface area contributed by atoms with Gasteiger partial charge < -0.3 is 3.79 Å². The maximum absolute atomic E-state index is 5.35. The zero-order valence-electron chi connectivity index (χ0n) is 9.08. The largest absolute Gasteiger partial charge is 0.649 e. The van der Waals surface area contributed by atoms with Gasteiger partial charge in [0.2, 0.25) is 0 Å². The van der Waals surface area contributed by atoms with E-state index in [1.807, 2.05) is 19.1 Å². The molecule has 1 aromatic carbocycles. The monoisotopic (exact) mass is 214 g/mol. The molecule has 0 bridgehead atoms. The first-order valence-electron chi connectivity index (χ1n) is 5.07. The summed E-state index contributed by atoms with van der Waals surface area (Å²) in [5, 5.41) is 1.20. The lowest BCUT2D eigenvalue weighted by atomic mass is 10.1. The first-order valence-corrected chi connectivity index (χ1v) is 5.65. The summed E-state index contributed by atoms with van der Waals surface area (Å²) < 4.78 is 5.35. The second-order valence-corrected chi connectivity index (χ2v) is 3.86. The van der Waals surface area contributed by atoms with E-state index >= 15 is 0 Å². The van der Waals surface area contributed by atoms with Gasteiger partial charge in [-0.3, -0.25) is 0 Å². The van der Waals surface area contributed by atoms with E-state index in [9.17, 15) is 0 Å². The molecular weight excluding hydrogens is 201 g/mol. The van der Waals surface area contributed by atoms with Gasteiger partial charge in [-0.1, -0.05) is 19.1 Å². The van der Waals surface area contributed by atoms with E-state index in [1.54, 1.807) is 0 Å². The Hall–Kier alpha value is -1.04. The fourth-order valence-electron chi connectivity index (χ4n) is 1.84. The predicted molar refractivity (Wildman–Crippen MR) is 63.6 cm³/mol. The molecule has 15 heavy (non-hydrogen) atoms. The molecule has 2 nitrogen and oxygen atoms in total. The van der Waals surface area contributed by atoms with E-state index in [0.717, 1.165) is 23.4 Å². The summed E-state index contributed by atoms with van der Waals surface area (Å²) in [5.74, 6) is 0.865. The van der Waals surface area contributed by atoms with Gasteiger partial charge in [-0.15, -0.1) is 0 Å². The molecule has 2 aromatic rings. The maximum Gasteiger partial charge on any atom is 0.494 e. The van der Waals surface area contributed by atoms with Crippen LogP contribution in [0.2, 0.25) is 0 Å². The zero-order valence-corrected chi connectivity index (χ0v) is 10.5. The molecule has 0 aliphatic heterocycles. The van der Waals surface area contributed by atoms with Crippen LogP contribution >= 0.6 is 0 Å². The summed E-state index contributed by atoms with van der Waals surface area (Å²) in [6.07, 6.45) is 1.02. The summed E-state index contributed by atoms with van der Waals surface area (Å²) in [6, 6.07) is 8.22. The summed E-state index contributed by atoms with van der Waals surface area (Å²) in [6.45, 7) is 4.18. The lowest BCUT2D eigenvalue weighted by Gasteiger charge is -2.10. The Labute approximate surface area is 98.0 Å². The van der Waals surface area contributed by atoms with Crippen LogP contribution in [0.1, 0.15) is 18.2 Å². The summed E-state index contributed by atoms with van der Waals surface area (Å²) in [7, 11) is 0. The van der Waals surface area contributed by atoms with Crippen LogP contribution in [0.4, 0.5) is 0 Å². The van der Waals surface area contributed by atoms with Gasteiger partial charge in [-0.05, 0) is 31.0 Å². The maximum atomic E-state index is 5.35. The van der Waals surface area contributed by atoms with E-state index in [1.165, 1.54) is 27.6 Å². The lowest BCUT2D eigenvalue weighted by Crippen LogP contribution is -1.94. The summed E-state index contributed by atoms with van der Waals surface area (Å²) in [4.78, 5) is 4.53. The molecular formula is C12H13AlNO. The van der Waals surface area contributed by atoms with Crippen LogP contribution in [0.5, 0.6) is 5.75 Å². The number of aromatic nitrogens is 1. The third-order valence-electron chi connectivity index (χ3n) is 2.55. The van der Waals surface area contributed by atoms with Crippen molar-refractivity contribution in [1.29, 1.82) is 0 Å². The van der Waals surface area contributed by atoms with E-state index in [4.69, 9.17) is 3.79 Å². The Kier molecular flexibility index (Phi) is 2.95. The number of hydrogen-bond donors (Lipinski definition) is 0. The first kappa shape index (κ1) is 10.5. The van der Waals surface area contributed by atoms with E-state index in [0.29, 0.717) is 0 Å². The molecule has 0 N–H and O–H groups in total. The molecule has 0 aliphatic rings. The van der Waals surface area contributed by atoms with Crippen LogP contribution in [0.15, 0.2) is 24.3 Å². The van der Waals surface area contributed by atoms with Gasteiger partial charge >= 0.3 is 16.6 Å². The van der Waals surface area contributed by atoms with Crippen LogP contribution in [0.3, 0.4) is 0 Å². The predicted octanol–water partition coefficient (Wildman–Crippen LogP) is 2.30. The lowest BCUT2D eigenvalue weighted by molar-refractivity contribution is 0.621. The summed E-state index contributed by atoms with van der Waals surface area (Å²) in [5.41, 5.74) is 3.36. The molecule has 0 saturated heterocycles. The van der Waals surface area contributed by atoms with Gasteiger partial charge in [0.1, 0.15) is 11.3 Å². The Morgan fingerprint density at radius 1 is 1.40 bits per heavy atom. The highest BCUT2D eigenvalue weighted by atomic mass is 27.1. The highest BCUT2D eigenvalue weighted by Crippen LogP contribution is 2.26. The number of hydrogen-bond acceptors (Lipinski definition) is 2. The molecule has 0 aliphatic carbocycles. The van der Waals surface area contributed by atoms with E-state index in [-0.39, 0.29) is 0 Å². The Balaban J connectivity index is 2.82. The minimum atomic E-state index is 0.865. The number of nitrogens with zero attached hydrogens (tertiary/aromatic N) is 1. The minimum Gasteiger partial charge on any atom is -0.649 e. The van der Waals surface area contributed by atoms with Gasteiger partial charge in [-0.2, -0.15) is 0 Å². The van der Waals surface area contributed by atoms with Gasteiger partial charge in [0.25, 0.3) is 0 Å². The normalized spacial score (nSPS) is 10.5. The fraction of sp³-hybridized carbons (Fsp3) is 0.250. The van der Waals surface area contributed by atoms with Crippen molar-refractivity contribution < 1.29 is 3.79 Å². The van der Waals surface area contributed by atoms with Crippen LogP contribution in [0, 0.1) is 6.92 Å². The van der Waals surface area contributed by atoms with Gasteiger partial charge in [0.15, 0.2) is 0 Å². The molecule has 0 amide bonds. The van der Waals surface area contributed by atoms with Crippen molar-refractivity contribution in [2.75, 3.05) is 0 Å². The molecule has 1 heterocycles. The van der Waals surface area contributed by atoms with Gasteiger partial charge in [0, 0.05) is 11.1 Å². The number of rotatable bonds is 2. The standard InChI is InChI=1S/C12H13NO.Al.H/c1-3-9-7-8(2)13-12-10(9)5-4-6-11(12)14;;/h4-7,14H,3H2,1-2H3;;/q;+1;/p-1. The topological polar surface area (TPSA) is 22.1 Å². The van der Waals surface area contributed by atoms with Crippen molar-refractivity contribution in [2.45, 2.75) is 20.3 Å². The molecule has 2 rings (SSSR count). The van der Waals surface area contributed by atoms with Crippen LogP contribution < -0.4 is 3.79 Å². The van der Waals surface area contributed by atoms with Crippen molar-refractivity contribution in [1.82, 2.24) is 4.98 Å². The zero-order chi connectivity index (χ0) is 10.8. The third-order valence-corrected chi connectivity index (χ3v) is 2.86. The highest BCUT2D eigenvalue weighted by Gasteiger charge is 2.05. The first-order chi connectivity index (χ1) is 7.26. The fourth-order valence-corrected chi connectivity index (χ4v) is 2.08. The summed E-state index contributed by atoms with van der Waals surface area (Å²) >= 11 is 1.49. The Morgan fingerprint density at radius 3 is 2.87 bits per heavy atom. The number of pyridine rings is 1. The molecule has 0 fully saturated rings. The Bertz CT molecular complexity index is 496. The molecule has 75 valence electrons. The van der Waals surface area contributed by atoms with Gasteiger partial charge in [-0.25, -0.2) is 4.98 Å². The SMILES string of the molecule is CCc1cc(C)nc2c([O][AlH])cccc12. The third kappa shape index (κ3) is 1.86. The second kappa shape index (κ2) is 4.22. The molecule has 3 heteroatoms. The average Bonchev–Trinajstić information content (AvgIpc) is 2.27. The van der Waals surface area contributed by atoms with E-state index in [2.05, 4.69) is 24.0 Å². The van der Waals surface area contributed by atoms with Crippen molar-refractivity contribution in [3.63, 3.8) is 0 Å². The molecule has 0 saturated carbocycles. The number of benzene rings is 1. The average molecular weight is 214 g/mol. The number of fused-ring (bicyclic) bond motifs is 1. The molecule has 1 radical (unpaired) electrons. The van der Waals surface area contributed by atoms with Gasteiger partial charge in [0.05, 0.1) is 0 Å². The molecule has 0 unspecified atom stereocenters. The number of para-hydroxylation sites is 1. The smallest absolute Gasteiger partial charge is 0.494 e. The highest BCUT2D eigenvalue weighted by molar-refractivity contribution is 6.02. The molecule has 0 spiro atoms. The van der Waals surface area contributed by atoms with Crippen molar-refractivity contribution >= 4 is 27.5 Å². The van der Waals surface area contributed by atoms with E-state index < -0.39 is 0 Å². The van der Waals surface area contributed by atoms with Crippen LogP contribution in [0.25, 0.3) is 10.9 Å². The second-order valence-electron chi connectivity index (χ2n) is 3.57. The van der Waals surface area contributed by atoms with Crippen LogP contribution in [-0.2, 0) is 6.42 Å². The quantitative estimate of drug-likeness (QED) is 0.715. The minimum absolute atomic E-state index is 0.865. The molecule has 1 aromatic heterocycles. The Morgan fingerprint density at radius 2 is 2.20 bits per heavy atom. The molecule has 0 atom stereocenters. The number of aryl methyl sites for hydroxylation is 2. The van der Waals surface area contributed by atoms with Crippen molar-refractivity contribution in [2.24, 2.45) is 0 Å².